The molecule has 5 nitrogen and oxygen atoms in total. The molecule has 0 fully saturated rings. The molecule has 1 radical (unpaired) electrons. The van der Waals surface area contributed by atoms with Gasteiger partial charge in [-0.3, -0.25) is 9.59 Å². The van der Waals surface area contributed by atoms with E-state index in [9.17, 15) is 14.7 Å². The van der Waals surface area contributed by atoms with E-state index in [4.69, 9.17) is 0 Å². The highest BCUT2D eigenvalue weighted by molar-refractivity contribution is 5.93. The van der Waals surface area contributed by atoms with E-state index >= 15 is 0 Å². The fourth-order valence-electron chi connectivity index (χ4n) is 2.22. The summed E-state index contributed by atoms with van der Waals surface area (Å²) in [5.41, 5.74) is 0.535. The van der Waals surface area contributed by atoms with Crippen LogP contribution in [0.15, 0.2) is 53.6 Å². The third-order valence-corrected chi connectivity index (χ3v) is 3.30. The molecule has 0 aliphatic carbocycles. The van der Waals surface area contributed by atoms with Gasteiger partial charge in [0.05, 0.1) is 11.9 Å². The van der Waals surface area contributed by atoms with Crippen molar-refractivity contribution in [3.8, 4) is 5.75 Å². The molecule has 3 aromatic rings. The summed E-state index contributed by atoms with van der Waals surface area (Å²) in [6, 6.07) is 11.2. The van der Waals surface area contributed by atoms with E-state index in [2.05, 4.69) is 4.98 Å². The normalized spacial score (nSPS) is 10.7. The second-order valence-corrected chi connectivity index (χ2v) is 4.62. The highest BCUT2D eigenvalue weighted by atomic mass is 16.3. The third kappa shape index (κ3) is 2.29. The van der Waals surface area contributed by atoms with Crippen LogP contribution in [-0.4, -0.2) is 20.9 Å². The Labute approximate surface area is 120 Å². The molecule has 0 aliphatic heterocycles. The number of carbonyl (C=O) groups excluding carboxylic acids is 1. The smallest absolute Gasteiger partial charge is 0.260 e. The third-order valence-electron chi connectivity index (χ3n) is 3.30. The Morgan fingerprint density at radius 3 is 2.62 bits per heavy atom. The van der Waals surface area contributed by atoms with Crippen LogP contribution in [0, 0.1) is 0 Å². The lowest BCUT2D eigenvalue weighted by Gasteiger charge is -2.08. The minimum atomic E-state index is -0.313. The maximum Gasteiger partial charge on any atom is 0.260 e. The molecule has 0 amide bonds. The average molecular weight is 279 g/mol. The van der Waals surface area contributed by atoms with Crippen LogP contribution in [0.1, 0.15) is 11.3 Å². The number of rotatable bonds is 3. The standard InChI is InChI=1S/C16H11N2O3/c19-10-14-15(20)12-6-7-18(16(21)13(12)8-17-14)9-11-4-2-1-3-5-11/h1-8,20H,9H2. The first-order valence-electron chi connectivity index (χ1n) is 6.34. The Morgan fingerprint density at radius 1 is 1.14 bits per heavy atom. The fraction of sp³-hybridized carbons (Fsp3) is 0.0625. The van der Waals surface area contributed by atoms with E-state index in [1.807, 2.05) is 30.3 Å². The summed E-state index contributed by atoms with van der Waals surface area (Å²) in [7, 11) is 0. The Morgan fingerprint density at radius 2 is 1.90 bits per heavy atom. The van der Waals surface area contributed by atoms with Gasteiger partial charge in [-0.1, -0.05) is 30.3 Å². The minimum absolute atomic E-state index is 0.192. The zero-order chi connectivity index (χ0) is 14.8. The van der Waals surface area contributed by atoms with Gasteiger partial charge in [0.2, 0.25) is 0 Å². The maximum atomic E-state index is 12.4. The van der Waals surface area contributed by atoms with Crippen LogP contribution in [-0.2, 0) is 11.3 Å². The minimum Gasteiger partial charge on any atom is -0.505 e. The molecule has 5 heteroatoms. The SMILES string of the molecule is O=[C]c1ncc2c(=O)n(Cc3ccccc3)ccc2c1O. The summed E-state index contributed by atoms with van der Waals surface area (Å²) in [6.07, 6.45) is 4.42. The summed E-state index contributed by atoms with van der Waals surface area (Å²) in [5.74, 6) is -0.313. The number of benzene rings is 1. The van der Waals surface area contributed by atoms with Crippen LogP contribution < -0.4 is 5.56 Å². The van der Waals surface area contributed by atoms with Crippen molar-refractivity contribution < 1.29 is 9.90 Å². The first-order valence-corrected chi connectivity index (χ1v) is 6.34. The molecule has 0 bridgehead atoms. The van der Waals surface area contributed by atoms with Crippen molar-refractivity contribution in [2.24, 2.45) is 0 Å². The van der Waals surface area contributed by atoms with Crippen LogP contribution in [0.2, 0.25) is 0 Å². The maximum absolute atomic E-state index is 12.4. The van der Waals surface area contributed by atoms with Gasteiger partial charge in [0.1, 0.15) is 0 Å². The van der Waals surface area contributed by atoms with Crippen molar-refractivity contribution in [2.75, 3.05) is 0 Å². The van der Waals surface area contributed by atoms with Gasteiger partial charge >= 0.3 is 0 Å². The van der Waals surface area contributed by atoms with E-state index < -0.39 is 0 Å². The molecule has 1 aromatic carbocycles. The Hall–Kier alpha value is -2.95. The lowest BCUT2D eigenvalue weighted by Crippen LogP contribution is -2.20. The van der Waals surface area contributed by atoms with E-state index in [1.165, 1.54) is 10.8 Å². The Balaban J connectivity index is 2.13. The van der Waals surface area contributed by atoms with Gasteiger partial charge in [-0.15, -0.1) is 0 Å². The number of aromatic nitrogens is 2. The first kappa shape index (κ1) is 13.1. The molecule has 0 saturated carbocycles. The molecule has 1 N–H and O–H groups in total. The summed E-state index contributed by atoms with van der Waals surface area (Å²) in [5, 5.41) is 10.5. The molecule has 0 unspecified atom stereocenters. The van der Waals surface area contributed by atoms with Crippen molar-refractivity contribution in [1.82, 2.24) is 9.55 Å². The summed E-state index contributed by atoms with van der Waals surface area (Å²) >= 11 is 0. The molecule has 0 spiro atoms. The second kappa shape index (κ2) is 5.20. The number of fused-ring (bicyclic) bond motifs is 1. The number of aromatic hydroxyl groups is 1. The van der Waals surface area contributed by atoms with Crippen molar-refractivity contribution in [1.29, 1.82) is 0 Å². The van der Waals surface area contributed by atoms with E-state index in [0.717, 1.165) is 5.56 Å². The zero-order valence-corrected chi connectivity index (χ0v) is 11.0. The molecular weight excluding hydrogens is 268 g/mol. The molecule has 103 valence electrons. The largest absolute Gasteiger partial charge is 0.505 e. The molecule has 0 atom stereocenters. The summed E-state index contributed by atoms with van der Waals surface area (Å²) in [6.45, 7) is 0.429. The quantitative estimate of drug-likeness (QED) is 0.790. The number of pyridine rings is 2. The van der Waals surface area contributed by atoms with Crippen LogP contribution in [0.25, 0.3) is 10.8 Å². The van der Waals surface area contributed by atoms with Gasteiger partial charge in [-0.2, -0.15) is 0 Å². The van der Waals surface area contributed by atoms with Gasteiger partial charge in [-0.05, 0) is 11.6 Å². The molecule has 3 rings (SSSR count). The highest BCUT2D eigenvalue weighted by Crippen LogP contribution is 2.23. The molecule has 2 aromatic heterocycles. The van der Waals surface area contributed by atoms with Gasteiger partial charge in [-0.25, -0.2) is 4.98 Å². The van der Waals surface area contributed by atoms with Crippen LogP contribution >= 0.6 is 0 Å². The lowest BCUT2D eigenvalue weighted by atomic mass is 10.1. The van der Waals surface area contributed by atoms with E-state index in [-0.39, 0.29) is 22.4 Å². The first-order chi connectivity index (χ1) is 10.2. The second-order valence-electron chi connectivity index (χ2n) is 4.62. The Bertz CT molecular complexity index is 870. The lowest BCUT2D eigenvalue weighted by molar-refractivity contribution is 0.475. The van der Waals surface area contributed by atoms with Crippen molar-refractivity contribution in [2.45, 2.75) is 6.54 Å². The Kier molecular flexibility index (Phi) is 3.23. The summed E-state index contributed by atoms with van der Waals surface area (Å²) < 4.78 is 1.53. The van der Waals surface area contributed by atoms with Gasteiger partial charge in [0, 0.05) is 17.8 Å². The van der Waals surface area contributed by atoms with Gasteiger partial charge < -0.3 is 9.67 Å². The number of nitrogens with zero attached hydrogens (tertiary/aromatic N) is 2. The molecule has 21 heavy (non-hydrogen) atoms. The average Bonchev–Trinajstić information content (AvgIpc) is 2.52. The predicted molar refractivity (Wildman–Crippen MR) is 78.0 cm³/mol. The van der Waals surface area contributed by atoms with Crippen molar-refractivity contribution in [3.63, 3.8) is 0 Å². The topological polar surface area (TPSA) is 72.2 Å². The van der Waals surface area contributed by atoms with E-state index in [0.29, 0.717) is 11.9 Å². The van der Waals surface area contributed by atoms with Crippen molar-refractivity contribution in [3.05, 3.63) is 70.4 Å². The van der Waals surface area contributed by atoms with Crippen LogP contribution in [0.4, 0.5) is 0 Å². The summed E-state index contributed by atoms with van der Waals surface area (Å²) in [4.78, 5) is 26.8. The van der Waals surface area contributed by atoms with Gasteiger partial charge in [0.25, 0.3) is 11.8 Å². The fourth-order valence-corrected chi connectivity index (χ4v) is 2.22. The zero-order valence-electron chi connectivity index (χ0n) is 11.0. The van der Waals surface area contributed by atoms with Crippen molar-refractivity contribution >= 4 is 17.1 Å². The van der Waals surface area contributed by atoms with Crippen LogP contribution in [0.5, 0.6) is 5.75 Å². The van der Waals surface area contributed by atoms with E-state index in [1.54, 1.807) is 18.5 Å². The predicted octanol–water partition coefficient (Wildman–Crippen LogP) is 1.61. The molecule has 0 saturated heterocycles. The monoisotopic (exact) mass is 279 g/mol. The highest BCUT2D eigenvalue weighted by Gasteiger charge is 2.11. The molecular formula is C16H11N2O3. The number of hydrogen-bond donors (Lipinski definition) is 1. The molecule has 0 aliphatic rings. The number of hydrogen-bond acceptors (Lipinski definition) is 4. The molecule has 2 heterocycles. The van der Waals surface area contributed by atoms with Gasteiger partial charge in [0.15, 0.2) is 11.4 Å². The van der Waals surface area contributed by atoms with Crippen LogP contribution in [0.3, 0.4) is 0 Å².